The van der Waals surface area contributed by atoms with E-state index in [4.69, 9.17) is 25.8 Å². The van der Waals surface area contributed by atoms with E-state index in [-0.39, 0.29) is 16.5 Å². The Labute approximate surface area is 316 Å². The van der Waals surface area contributed by atoms with Crippen LogP contribution in [-0.4, -0.2) is 40.7 Å². The number of halogens is 1. The number of thioether (sulfide) groups is 1. The Morgan fingerprint density at radius 2 is 1.67 bits per heavy atom. The Balaban J connectivity index is 1.34. The number of unbranched alkanes of at least 4 members (excludes halogenated alkanes) is 2. The number of aromatic nitrogens is 2. The highest BCUT2D eigenvalue weighted by atomic mass is 35.5. The summed E-state index contributed by atoms with van der Waals surface area (Å²) in [5.41, 5.74) is 3.90. The lowest BCUT2D eigenvalue weighted by Crippen LogP contribution is -2.29. The number of ether oxygens (including phenoxy) is 3. The van der Waals surface area contributed by atoms with Gasteiger partial charge in [0.1, 0.15) is 18.1 Å². The third-order valence-corrected chi connectivity index (χ3v) is 11.1. The maximum absolute atomic E-state index is 13.9. The predicted molar refractivity (Wildman–Crippen MR) is 206 cm³/mol. The van der Waals surface area contributed by atoms with E-state index in [9.17, 15) is 14.7 Å². The van der Waals surface area contributed by atoms with E-state index in [0.29, 0.717) is 56.7 Å². The van der Waals surface area contributed by atoms with Gasteiger partial charge >= 0.3 is 5.91 Å². The van der Waals surface area contributed by atoms with Crippen molar-refractivity contribution >= 4 is 57.3 Å². The quantitative estimate of drug-likeness (QED) is 0.0279. The molecule has 0 aliphatic carbocycles. The number of methoxy groups -OCH3 is 1. The number of Topliss-reactive ketones (excluding diaryl/α,β-unsaturated/α-hetero) is 1. The molecule has 1 fully saturated rings. The molecule has 1 aliphatic rings. The molecule has 52 heavy (non-hydrogen) atoms. The van der Waals surface area contributed by atoms with Crippen molar-refractivity contribution in [1.82, 2.24) is 10.2 Å². The SMILES string of the molecule is CCCCCOc1ccc(C2C(=C(O)c3ccc(OCc4ccccc4C)cc3)C(=O)C(=O)N2c2nnc(SCc3ccccc3Cl)s2)cc1OC. The molecule has 1 aromatic heterocycles. The van der Waals surface area contributed by atoms with Gasteiger partial charge in [-0.05, 0) is 78.1 Å². The molecule has 0 spiro atoms. The van der Waals surface area contributed by atoms with Gasteiger partial charge in [0, 0.05) is 16.3 Å². The van der Waals surface area contributed by atoms with E-state index < -0.39 is 17.7 Å². The molecule has 4 aromatic carbocycles. The van der Waals surface area contributed by atoms with Crippen molar-refractivity contribution in [2.75, 3.05) is 18.6 Å². The average Bonchev–Trinajstić information content (AvgIpc) is 3.74. The molecule has 1 N–H and O–H groups in total. The molecular weight excluding hydrogens is 718 g/mol. The number of hydrogen-bond acceptors (Lipinski definition) is 10. The molecule has 2 heterocycles. The molecule has 6 rings (SSSR count). The smallest absolute Gasteiger partial charge is 0.301 e. The van der Waals surface area contributed by atoms with Crippen LogP contribution in [0, 0.1) is 6.92 Å². The maximum atomic E-state index is 13.9. The number of carbonyl (C=O) groups excluding carboxylic acids is 2. The van der Waals surface area contributed by atoms with Crippen LogP contribution < -0.4 is 19.1 Å². The molecule has 0 bridgehead atoms. The van der Waals surface area contributed by atoms with E-state index in [1.807, 2.05) is 55.5 Å². The van der Waals surface area contributed by atoms with Crippen LogP contribution >= 0.6 is 34.7 Å². The summed E-state index contributed by atoms with van der Waals surface area (Å²) in [6.45, 7) is 5.05. The fourth-order valence-electron chi connectivity index (χ4n) is 5.76. The average molecular weight is 756 g/mol. The standard InChI is InChI=1S/C40H38ClN3O6S2/c1-4-5-10-21-49-32-20-17-27(22-33(32)48-3)35-34(36(45)26-15-18-30(19-16-26)50-23-28-12-7-6-11-25(28)2)37(46)38(47)44(35)39-42-43-40(52-39)51-24-29-13-8-9-14-31(29)41/h6-9,11-20,22,35,45H,4-5,10,21,23-24H2,1-3H3. The molecule has 0 saturated carbocycles. The zero-order valence-corrected chi connectivity index (χ0v) is 31.4. The van der Waals surface area contributed by atoms with Crippen LogP contribution in [0.15, 0.2) is 101 Å². The van der Waals surface area contributed by atoms with Gasteiger partial charge in [-0.3, -0.25) is 14.5 Å². The van der Waals surface area contributed by atoms with Crippen molar-refractivity contribution < 1.29 is 28.9 Å². The van der Waals surface area contributed by atoms with Crippen LogP contribution in [0.1, 0.15) is 60.0 Å². The Bertz CT molecular complexity index is 2080. The highest BCUT2D eigenvalue weighted by Crippen LogP contribution is 2.46. The molecule has 1 unspecified atom stereocenters. The first-order valence-electron chi connectivity index (χ1n) is 16.9. The Kier molecular flexibility index (Phi) is 12.2. The number of aliphatic hydroxyl groups is 1. The number of aryl methyl sites for hydroxylation is 1. The van der Waals surface area contributed by atoms with Gasteiger partial charge in [-0.2, -0.15) is 0 Å². The van der Waals surface area contributed by atoms with Gasteiger partial charge in [0.2, 0.25) is 5.13 Å². The lowest BCUT2D eigenvalue weighted by molar-refractivity contribution is -0.132. The number of nitrogens with zero attached hydrogens (tertiary/aromatic N) is 3. The van der Waals surface area contributed by atoms with Gasteiger partial charge in [0.05, 0.1) is 25.3 Å². The number of benzene rings is 4. The van der Waals surface area contributed by atoms with E-state index in [1.54, 1.807) is 42.5 Å². The van der Waals surface area contributed by atoms with Gasteiger partial charge in [0.25, 0.3) is 5.78 Å². The first-order chi connectivity index (χ1) is 25.3. The Morgan fingerprint density at radius 1 is 0.923 bits per heavy atom. The number of hydrogen-bond donors (Lipinski definition) is 1. The van der Waals surface area contributed by atoms with E-state index in [0.717, 1.165) is 36.0 Å². The second kappa shape index (κ2) is 17.1. The summed E-state index contributed by atoms with van der Waals surface area (Å²) in [6.07, 6.45) is 2.99. The molecule has 1 saturated heterocycles. The van der Waals surface area contributed by atoms with Gasteiger partial charge < -0.3 is 19.3 Å². The molecule has 1 aliphatic heterocycles. The first-order valence-corrected chi connectivity index (χ1v) is 19.1. The lowest BCUT2D eigenvalue weighted by atomic mass is 9.95. The Morgan fingerprint density at radius 3 is 2.40 bits per heavy atom. The van der Waals surface area contributed by atoms with Crippen molar-refractivity contribution in [2.24, 2.45) is 0 Å². The van der Waals surface area contributed by atoms with E-state index >= 15 is 0 Å². The number of aliphatic hydroxyl groups excluding tert-OH is 1. The highest BCUT2D eigenvalue weighted by molar-refractivity contribution is 8.00. The summed E-state index contributed by atoms with van der Waals surface area (Å²) < 4.78 is 18.3. The van der Waals surface area contributed by atoms with Crippen LogP contribution in [0.2, 0.25) is 5.02 Å². The molecule has 1 atom stereocenters. The maximum Gasteiger partial charge on any atom is 0.301 e. The minimum absolute atomic E-state index is 0.0854. The molecule has 9 nitrogen and oxygen atoms in total. The van der Waals surface area contributed by atoms with Crippen LogP contribution in [0.5, 0.6) is 17.2 Å². The largest absolute Gasteiger partial charge is 0.507 e. The highest BCUT2D eigenvalue weighted by Gasteiger charge is 2.48. The predicted octanol–water partition coefficient (Wildman–Crippen LogP) is 9.58. The summed E-state index contributed by atoms with van der Waals surface area (Å²) in [5, 5.41) is 21.3. The van der Waals surface area contributed by atoms with Crippen molar-refractivity contribution in [3.63, 3.8) is 0 Å². The minimum Gasteiger partial charge on any atom is -0.507 e. The topological polar surface area (TPSA) is 111 Å². The van der Waals surface area contributed by atoms with Crippen molar-refractivity contribution in [3.05, 3.63) is 129 Å². The zero-order valence-electron chi connectivity index (χ0n) is 29.0. The van der Waals surface area contributed by atoms with Crippen LogP contribution in [-0.2, 0) is 21.9 Å². The first kappa shape index (κ1) is 36.9. The van der Waals surface area contributed by atoms with Crippen LogP contribution in [0.25, 0.3) is 5.76 Å². The number of ketones is 1. The number of anilines is 1. The summed E-state index contributed by atoms with van der Waals surface area (Å²) >= 11 is 8.96. The lowest BCUT2D eigenvalue weighted by Gasteiger charge is -2.23. The second-order valence-electron chi connectivity index (χ2n) is 12.1. The number of rotatable bonds is 15. The molecular formula is C40H38ClN3O6S2. The second-order valence-corrected chi connectivity index (χ2v) is 14.7. The summed E-state index contributed by atoms with van der Waals surface area (Å²) in [5.74, 6) is 0.0969. The zero-order chi connectivity index (χ0) is 36.6. The molecule has 268 valence electrons. The fourth-order valence-corrected chi connectivity index (χ4v) is 7.92. The van der Waals surface area contributed by atoms with E-state index in [2.05, 4.69) is 17.1 Å². The van der Waals surface area contributed by atoms with Gasteiger partial charge in [-0.25, -0.2) is 0 Å². The molecule has 12 heteroatoms. The van der Waals surface area contributed by atoms with Crippen molar-refractivity contribution in [3.8, 4) is 17.2 Å². The Hall–Kier alpha value is -4.84. The minimum atomic E-state index is -1.03. The summed E-state index contributed by atoms with van der Waals surface area (Å²) in [6, 6.07) is 26.5. The third kappa shape index (κ3) is 8.28. The van der Waals surface area contributed by atoms with E-state index in [1.165, 1.54) is 35.1 Å². The van der Waals surface area contributed by atoms with Gasteiger partial charge in [-0.1, -0.05) is 103 Å². The van der Waals surface area contributed by atoms with Crippen molar-refractivity contribution in [2.45, 2.75) is 55.9 Å². The monoisotopic (exact) mass is 755 g/mol. The van der Waals surface area contributed by atoms with Gasteiger partial charge in [-0.15, -0.1) is 10.2 Å². The fraction of sp³-hybridized carbons (Fsp3) is 0.250. The number of carbonyl (C=O) groups is 2. The van der Waals surface area contributed by atoms with Crippen LogP contribution in [0.4, 0.5) is 5.13 Å². The molecule has 0 radical (unpaired) electrons. The van der Waals surface area contributed by atoms with Crippen LogP contribution in [0.3, 0.4) is 0 Å². The third-order valence-electron chi connectivity index (χ3n) is 8.65. The van der Waals surface area contributed by atoms with Gasteiger partial charge in [0.15, 0.2) is 15.8 Å². The summed E-state index contributed by atoms with van der Waals surface area (Å²) in [4.78, 5) is 29.0. The molecule has 5 aromatic rings. The number of amides is 1. The van der Waals surface area contributed by atoms with Crippen molar-refractivity contribution in [1.29, 1.82) is 0 Å². The summed E-state index contributed by atoms with van der Waals surface area (Å²) in [7, 11) is 1.53. The normalized spacial score (nSPS) is 15.2. The molecule has 1 amide bonds.